The van der Waals surface area contributed by atoms with Crippen molar-refractivity contribution in [1.29, 1.82) is 0 Å². The summed E-state index contributed by atoms with van der Waals surface area (Å²) in [6.45, 7) is 0.797. The fourth-order valence-corrected chi connectivity index (χ4v) is 3.20. The zero-order valence-electron chi connectivity index (χ0n) is 14.7. The lowest BCUT2D eigenvalue weighted by Gasteiger charge is -2.32. The van der Waals surface area contributed by atoms with Crippen LogP contribution in [-0.2, 0) is 4.79 Å². The molecule has 5 nitrogen and oxygen atoms in total. The molecule has 0 saturated carbocycles. The van der Waals surface area contributed by atoms with Gasteiger partial charge in [-0.1, -0.05) is 35.9 Å². The number of halogens is 2. The smallest absolute Gasteiger partial charge is 0.258 e. The number of para-hydroxylation sites is 1. The van der Waals surface area contributed by atoms with Crippen molar-refractivity contribution in [1.82, 2.24) is 10.2 Å². The van der Waals surface area contributed by atoms with Crippen molar-refractivity contribution < 1.29 is 18.7 Å². The second-order valence-electron chi connectivity index (χ2n) is 6.33. The van der Waals surface area contributed by atoms with Crippen LogP contribution in [0.2, 0.25) is 5.02 Å². The summed E-state index contributed by atoms with van der Waals surface area (Å²) in [5.74, 6) is -0.622. The highest BCUT2D eigenvalue weighted by atomic mass is 35.5. The Balaban J connectivity index is 1.45. The predicted octanol–water partition coefficient (Wildman–Crippen LogP) is 3.28. The van der Waals surface area contributed by atoms with Gasteiger partial charge in [-0.3, -0.25) is 9.59 Å². The van der Waals surface area contributed by atoms with Crippen LogP contribution in [0.4, 0.5) is 4.39 Å². The van der Waals surface area contributed by atoms with Crippen molar-refractivity contribution in [3.8, 4) is 5.75 Å². The van der Waals surface area contributed by atoms with Crippen LogP contribution in [0.3, 0.4) is 0 Å². The SMILES string of the molecule is O=C(COc1ccccc1Cl)NC1CCN(C(=O)c2ccccc2F)CC1. The van der Waals surface area contributed by atoms with Crippen molar-refractivity contribution in [2.45, 2.75) is 18.9 Å². The number of hydrogen-bond donors (Lipinski definition) is 1. The first-order valence-corrected chi connectivity index (χ1v) is 9.13. The second kappa shape index (κ2) is 8.86. The van der Waals surface area contributed by atoms with E-state index in [1.165, 1.54) is 12.1 Å². The molecule has 2 amide bonds. The van der Waals surface area contributed by atoms with E-state index in [1.807, 2.05) is 0 Å². The molecular weight excluding hydrogens is 371 g/mol. The molecule has 1 N–H and O–H groups in total. The lowest BCUT2D eigenvalue weighted by Crippen LogP contribution is -2.47. The Kier molecular flexibility index (Phi) is 6.29. The summed E-state index contributed by atoms with van der Waals surface area (Å²) in [6.07, 6.45) is 1.22. The zero-order valence-corrected chi connectivity index (χ0v) is 15.4. The molecule has 0 unspecified atom stereocenters. The molecule has 27 heavy (non-hydrogen) atoms. The van der Waals surface area contributed by atoms with Crippen LogP contribution in [-0.4, -0.2) is 42.5 Å². The fourth-order valence-electron chi connectivity index (χ4n) is 3.01. The van der Waals surface area contributed by atoms with E-state index in [0.29, 0.717) is 36.7 Å². The maximum absolute atomic E-state index is 13.8. The van der Waals surface area contributed by atoms with E-state index in [9.17, 15) is 14.0 Å². The average Bonchev–Trinajstić information content (AvgIpc) is 2.68. The van der Waals surface area contributed by atoms with Crippen molar-refractivity contribution >= 4 is 23.4 Å². The summed E-state index contributed by atoms with van der Waals surface area (Å²) in [5, 5.41) is 3.35. The molecule has 3 rings (SSSR count). The molecule has 1 aliphatic heterocycles. The highest BCUT2D eigenvalue weighted by Crippen LogP contribution is 2.23. The zero-order chi connectivity index (χ0) is 19.2. The summed E-state index contributed by atoms with van der Waals surface area (Å²) >= 11 is 5.99. The molecule has 1 aliphatic rings. The number of rotatable bonds is 5. The number of likely N-dealkylation sites (tertiary alicyclic amines) is 1. The normalized spacial score (nSPS) is 14.7. The molecule has 0 aliphatic carbocycles. The molecule has 0 spiro atoms. The van der Waals surface area contributed by atoms with Crippen molar-refractivity contribution in [3.63, 3.8) is 0 Å². The van der Waals surface area contributed by atoms with Gasteiger partial charge in [0.2, 0.25) is 0 Å². The quantitative estimate of drug-likeness (QED) is 0.852. The number of nitrogens with zero attached hydrogens (tertiary/aromatic N) is 1. The molecule has 1 saturated heterocycles. The summed E-state index contributed by atoms with van der Waals surface area (Å²) in [7, 11) is 0. The van der Waals surface area contributed by atoms with Crippen LogP contribution < -0.4 is 10.1 Å². The van der Waals surface area contributed by atoms with Gasteiger partial charge >= 0.3 is 0 Å². The molecular formula is C20H20ClFN2O3. The van der Waals surface area contributed by atoms with Crippen LogP contribution in [0.25, 0.3) is 0 Å². The van der Waals surface area contributed by atoms with Gasteiger partial charge in [0.1, 0.15) is 11.6 Å². The Hall–Kier alpha value is -2.60. The van der Waals surface area contributed by atoms with Gasteiger partial charge in [0.25, 0.3) is 11.8 Å². The number of ether oxygens (including phenoxy) is 1. The van der Waals surface area contributed by atoms with Crippen molar-refractivity contribution in [2.75, 3.05) is 19.7 Å². The summed E-state index contributed by atoms with van der Waals surface area (Å²) in [4.78, 5) is 26.1. The molecule has 0 bridgehead atoms. The van der Waals surface area contributed by atoms with Gasteiger partial charge in [-0.2, -0.15) is 0 Å². The third-order valence-corrected chi connectivity index (χ3v) is 4.76. The largest absolute Gasteiger partial charge is 0.482 e. The van der Waals surface area contributed by atoms with Crippen LogP contribution >= 0.6 is 11.6 Å². The van der Waals surface area contributed by atoms with E-state index in [-0.39, 0.29) is 30.0 Å². The number of carbonyl (C=O) groups is 2. The fraction of sp³-hybridized carbons (Fsp3) is 0.300. The minimum absolute atomic E-state index is 0.0444. The van der Waals surface area contributed by atoms with E-state index >= 15 is 0 Å². The Morgan fingerprint density at radius 3 is 2.48 bits per heavy atom. The van der Waals surface area contributed by atoms with E-state index in [4.69, 9.17) is 16.3 Å². The van der Waals surface area contributed by atoms with E-state index in [1.54, 1.807) is 41.3 Å². The number of hydrogen-bond acceptors (Lipinski definition) is 3. The maximum Gasteiger partial charge on any atom is 0.258 e. The Morgan fingerprint density at radius 2 is 1.78 bits per heavy atom. The molecule has 2 aromatic carbocycles. The molecule has 142 valence electrons. The maximum atomic E-state index is 13.8. The van der Waals surface area contributed by atoms with E-state index < -0.39 is 5.82 Å². The number of piperidine rings is 1. The van der Waals surface area contributed by atoms with Crippen LogP contribution in [0.15, 0.2) is 48.5 Å². The summed E-state index contributed by atoms with van der Waals surface area (Å²) < 4.78 is 19.2. The Morgan fingerprint density at radius 1 is 1.11 bits per heavy atom. The first-order chi connectivity index (χ1) is 13.0. The minimum Gasteiger partial charge on any atom is -0.482 e. The van der Waals surface area contributed by atoms with E-state index in [2.05, 4.69) is 5.32 Å². The second-order valence-corrected chi connectivity index (χ2v) is 6.74. The Labute approximate surface area is 162 Å². The lowest BCUT2D eigenvalue weighted by molar-refractivity contribution is -0.124. The van der Waals surface area contributed by atoms with Gasteiger partial charge in [0, 0.05) is 19.1 Å². The minimum atomic E-state index is -0.519. The number of benzene rings is 2. The van der Waals surface area contributed by atoms with Gasteiger partial charge < -0.3 is 15.0 Å². The molecule has 1 heterocycles. The van der Waals surface area contributed by atoms with Gasteiger partial charge in [-0.25, -0.2) is 4.39 Å². The average molecular weight is 391 g/mol. The highest BCUT2D eigenvalue weighted by Gasteiger charge is 2.26. The molecule has 0 atom stereocenters. The number of carbonyl (C=O) groups excluding carboxylic acids is 2. The molecule has 7 heteroatoms. The third kappa shape index (κ3) is 4.98. The Bertz CT molecular complexity index is 822. The van der Waals surface area contributed by atoms with Crippen molar-refractivity contribution in [2.24, 2.45) is 0 Å². The van der Waals surface area contributed by atoms with Crippen molar-refractivity contribution in [3.05, 3.63) is 64.9 Å². The summed E-state index contributed by atoms with van der Waals surface area (Å²) in [6, 6.07) is 12.9. The van der Waals surface area contributed by atoms with Gasteiger partial charge in [-0.15, -0.1) is 0 Å². The van der Waals surface area contributed by atoms with Crippen LogP contribution in [0, 0.1) is 5.82 Å². The molecule has 0 radical (unpaired) electrons. The first-order valence-electron chi connectivity index (χ1n) is 8.75. The lowest BCUT2D eigenvalue weighted by atomic mass is 10.0. The molecule has 2 aromatic rings. The van der Waals surface area contributed by atoms with Gasteiger partial charge in [-0.05, 0) is 37.1 Å². The molecule has 1 fully saturated rings. The van der Waals surface area contributed by atoms with Gasteiger partial charge in [0.05, 0.1) is 10.6 Å². The summed E-state index contributed by atoms with van der Waals surface area (Å²) in [5.41, 5.74) is 0.0770. The van der Waals surface area contributed by atoms with Crippen LogP contribution in [0.1, 0.15) is 23.2 Å². The number of nitrogens with one attached hydrogen (secondary N) is 1. The predicted molar refractivity (Wildman–Crippen MR) is 100 cm³/mol. The highest BCUT2D eigenvalue weighted by molar-refractivity contribution is 6.32. The first kappa shape index (κ1) is 19.2. The topological polar surface area (TPSA) is 58.6 Å². The third-order valence-electron chi connectivity index (χ3n) is 4.45. The van der Waals surface area contributed by atoms with Gasteiger partial charge in [0.15, 0.2) is 6.61 Å². The standard InChI is InChI=1S/C20H20ClFN2O3/c21-16-6-2-4-8-18(16)27-13-19(25)23-14-9-11-24(12-10-14)20(26)15-5-1-3-7-17(15)22/h1-8,14H,9-13H2,(H,23,25). The van der Waals surface area contributed by atoms with E-state index in [0.717, 1.165) is 0 Å². The van der Waals surface area contributed by atoms with Crippen LogP contribution in [0.5, 0.6) is 5.75 Å². The monoisotopic (exact) mass is 390 g/mol. The number of amides is 2. The molecule has 0 aromatic heterocycles.